The summed E-state index contributed by atoms with van der Waals surface area (Å²) in [6.07, 6.45) is 0.575. The van der Waals surface area contributed by atoms with E-state index in [1.807, 2.05) is 6.92 Å². The van der Waals surface area contributed by atoms with Crippen molar-refractivity contribution in [3.63, 3.8) is 0 Å². The van der Waals surface area contributed by atoms with E-state index in [1.54, 1.807) is 12.1 Å². The lowest BCUT2D eigenvalue weighted by Crippen LogP contribution is -2.05. The Morgan fingerprint density at radius 2 is 2.27 bits per heavy atom. The summed E-state index contributed by atoms with van der Waals surface area (Å²) in [5, 5.41) is 22.2. The van der Waals surface area contributed by atoms with Crippen LogP contribution in [0.3, 0.4) is 0 Å². The van der Waals surface area contributed by atoms with Gasteiger partial charge >= 0.3 is 0 Å². The molecule has 0 bridgehead atoms. The molecule has 5 heteroatoms. The fourth-order valence-electron chi connectivity index (χ4n) is 1.25. The van der Waals surface area contributed by atoms with Crippen molar-refractivity contribution in [2.45, 2.75) is 13.3 Å². The van der Waals surface area contributed by atoms with E-state index < -0.39 is 4.92 Å². The molecular formula is C10H14N2O3. The summed E-state index contributed by atoms with van der Waals surface area (Å²) in [5.41, 5.74) is 1.54. The topological polar surface area (TPSA) is 75.4 Å². The molecule has 0 saturated carbocycles. The maximum Gasteiger partial charge on any atom is 0.292 e. The second kappa shape index (κ2) is 5.31. The van der Waals surface area contributed by atoms with E-state index in [-0.39, 0.29) is 12.3 Å². The maximum atomic E-state index is 10.7. The highest BCUT2D eigenvalue weighted by Gasteiger charge is 2.12. The third kappa shape index (κ3) is 3.21. The number of aliphatic hydroxyl groups is 1. The van der Waals surface area contributed by atoms with Gasteiger partial charge in [0.1, 0.15) is 5.69 Å². The highest BCUT2D eigenvalue weighted by molar-refractivity contribution is 5.62. The third-order valence-electron chi connectivity index (χ3n) is 2.00. The Hall–Kier alpha value is -1.62. The van der Waals surface area contributed by atoms with Gasteiger partial charge in [0.05, 0.1) is 4.92 Å². The zero-order chi connectivity index (χ0) is 11.3. The Bertz CT molecular complexity index is 353. The average Bonchev–Trinajstić information content (AvgIpc) is 2.18. The van der Waals surface area contributed by atoms with Crippen LogP contribution in [0.5, 0.6) is 0 Å². The number of hydrogen-bond donors (Lipinski definition) is 2. The summed E-state index contributed by atoms with van der Waals surface area (Å²) in [7, 11) is 0. The maximum absolute atomic E-state index is 10.7. The molecular weight excluding hydrogens is 196 g/mol. The number of aliphatic hydroxyl groups excluding tert-OH is 1. The van der Waals surface area contributed by atoms with Gasteiger partial charge < -0.3 is 10.4 Å². The highest BCUT2D eigenvalue weighted by atomic mass is 16.6. The van der Waals surface area contributed by atoms with Gasteiger partial charge in [-0.2, -0.15) is 0 Å². The zero-order valence-corrected chi connectivity index (χ0v) is 8.56. The highest BCUT2D eigenvalue weighted by Crippen LogP contribution is 2.24. The summed E-state index contributed by atoms with van der Waals surface area (Å²) >= 11 is 0. The Kier molecular flexibility index (Phi) is 4.05. The van der Waals surface area contributed by atoms with E-state index in [0.29, 0.717) is 18.7 Å². The van der Waals surface area contributed by atoms with Gasteiger partial charge in [-0.1, -0.05) is 6.07 Å². The molecule has 0 aliphatic heterocycles. The molecule has 2 N–H and O–H groups in total. The van der Waals surface area contributed by atoms with Crippen LogP contribution in [0.4, 0.5) is 11.4 Å². The average molecular weight is 210 g/mol. The van der Waals surface area contributed by atoms with E-state index in [9.17, 15) is 10.1 Å². The Morgan fingerprint density at radius 3 is 2.87 bits per heavy atom. The molecule has 0 aliphatic rings. The number of rotatable bonds is 5. The molecule has 0 heterocycles. The molecule has 0 radical (unpaired) electrons. The number of aryl methyl sites for hydroxylation is 1. The normalized spacial score (nSPS) is 10.0. The molecule has 5 nitrogen and oxygen atoms in total. The first-order valence-electron chi connectivity index (χ1n) is 4.75. The molecule has 0 atom stereocenters. The number of anilines is 1. The second-order valence-electron chi connectivity index (χ2n) is 3.28. The Morgan fingerprint density at radius 1 is 1.53 bits per heavy atom. The first-order chi connectivity index (χ1) is 7.15. The number of nitro groups is 1. The van der Waals surface area contributed by atoms with Crippen molar-refractivity contribution in [2.75, 3.05) is 18.5 Å². The lowest BCUT2D eigenvalue weighted by Gasteiger charge is -2.06. The van der Waals surface area contributed by atoms with Gasteiger partial charge in [-0.25, -0.2) is 0 Å². The van der Waals surface area contributed by atoms with Crippen LogP contribution in [0, 0.1) is 17.0 Å². The van der Waals surface area contributed by atoms with E-state index in [0.717, 1.165) is 5.56 Å². The second-order valence-corrected chi connectivity index (χ2v) is 3.28. The van der Waals surface area contributed by atoms with Crippen LogP contribution in [-0.2, 0) is 0 Å². The molecule has 1 aromatic carbocycles. The van der Waals surface area contributed by atoms with Crippen LogP contribution in [0.15, 0.2) is 18.2 Å². The lowest BCUT2D eigenvalue weighted by atomic mass is 10.2. The first kappa shape index (κ1) is 11.5. The molecule has 0 aromatic heterocycles. The van der Waals surface area contributed by atoms with Crippen molar-refractivity contribution in [3.8, 4) is 0 Å². The van der Waals surface area contributed by atoms with Crippen LogP contribution in [0.2, 0.25) is 0 Å². The third-order valence-corrected chi connectivity index (χ3v) is 2.00. The van der Waals surface area contributed by atoms with Gasteiger partial charge in [-0.05, 0) is 25.0 Å². The van der Waals surface area contributed by atoms with Crippen molar-refractivity contribution >= 4 is 11.4 Å². The van der Waals surface area contributed by atoms with Gasteiger partial charge in [-0.15, -0.1) is 0 Å². The largest absolute Gasteiger partial charge is 0.396 e. The predicted molar refractivity (Wildman–Crippen MR) is 58.0 cm³/mol. The number of hydrogen-bond acceptors (Lipinski definition) is 4. The zero-order valence-electron chi connectivity index (χ0n) is 8.56. The molecule has 1 rings (SSSR count). The van der Waals surface area contributed by atoms with Crippen molar-refractivity contribution in [1.29, 1.82) is 0 Å². The SMILES string of the molecule is Cc1ccc([N+](=O)[O-])c(NCCCO)c1. The van der Waals surface area contributed by atoms with Gasteiger partial charge in [0, 0.05) is 19.2 Å². The molecule has 15 heavy (non-hydrogen) atoms. The van der Waals surface area contributed by atoms with E-state index in [4.69, 9.17) is 5.11 Å². The van der Waals surface area contributed by atoms with E-state index in [2.05, 4.69) is 5.32 Å². The summed E-state index contributed by atoms with van der Waals surface area (Å²) in [5.74, 6) is 0. The number of nitrogens with one attached hydrogen (secondary N) is 1. The van der Waals surface area contributed by atoms with Gasteiger partial charge in [0.15, 0.2) is 0 Å². The first-order valence-corrected chi connectivity index (χ1v) is 4.75. The fraction of sp³-hybridized carbons (Fsp3) is 0.400. The Labute approximate surface area is 87.9 Å². The number of nitrogens with zero attached hydrogens (tertiary/aromatic N) is 1. The Balaban J connectivity index is 2.82. The minimum atomic E-state index is -0.416. The van der Waals surface area contributed by atoms with Crippen LogP contribution >= 0.6 is 0 Å². The van der Waals surface area contributed by atoms with Crippen LogP contribution in [-0.4, -0.2) is 23.2 Å². The molecule has 0 saturated heterocycles. The molecule has 0 unspecified atom stereocenters. The summed E-state index contributed by atoms with van der Waals surface area (Å²) in [6, 6.07) is 4.92. The monoisotopic (exact) mass is 210 g/mol. The van der Waals surface area contributed by atoms with Crippen molar-refractivity contribution in [2.24, 2.45) is 0 Å². The predicted octanol–water partition coefficient (Wildman–Crippen LogP) is 1.70. The van der Waals surface area contributed by atoms with Crippen LogP contribution in [0.25, 0.3) is 0 Å². The fourth-order valence-corrected chi connectivity index (χ4v) is 1.25. The minimum Gasteiger partial charge on any atom is -0.396 e. The van der Waals surface area contributed by atoms with Gasteiger partial charge in [0.2, 0.25) is 0 Å². The van der Waals surface area contributed by atoms with Crippen molar-refractivity contribution in [3.05, 3.63) is 33.9 Å². The van der Waals surface area contributed by atoms with Gasteiger partial charge in [0.25, 0.3) is 5.69 Å². The van der Waals surface area contributed by atoms with E-state index >= 15 is 0 Å². The lowest BCUT2D eigenvalue weighted by molar-refractivity contribution is -0.384. The van der Waals surface area contributed by atoms with Crippen LogP contribution in [0.1, 0.15) is 12.0 Å². The van der Waals surface area contributed by atoms with Crippen molar-refractivity contribution < 1.29 is 10.0 Å². The molecule has 0 fully saturated rings. The molecule has 82 valence electrons. The summed E-state index contributed by atoms with van der Waals surface area (Å²) < 4.78 is 0. The number of benzene rings is 1. The molecule has 0 aliphatic carbocycles. The summed E-state index contributed by atoms with van der Waals surface area (Å²) in [6.45, 7) is 2.48. The van der Waals surface area contributed by atoms with E-state index in [1.165, 1.54) is 6.07 Å². The smallest absolute Gasteiger partial charge is 0.292 e. The standard InChI is InChI=1S/C10H14N2O3/c1-8-3-4-10(12(14)15)9(7-8)11-5-2-6-13/h3-4,7,11,13H,2,5-6H2,1H3. The van der Waals surface area contributed by atoms with Crippen LogP contribution < -0.4 is 5.32 Å². The molecule has 0 amide bonds. The molecule has 0 spiro atoms. The van der Waals surface area contributed by atoms with Gasteiger partial charge in [-0.3, -0.25) is 10.1 Å². The minimum absolute atomic E-state index is 0.0681. The summed E-state index contributed by atoms with van der Waals surface area (Å²) in [4.78, 5) is 10.3. The van der Waals surface area contributed by atoms with Crippen molar-refractivity contribution in [1.82, 2.24) is 0 Å². The quantitative estimate of drug-likeness (QED) is 0.440. The molecule has 1 aromatic rings. The number of nitro benzene ring substituents is 1.